The van der Waals surface area contributed by atoms with E-state index in [4.69, 9.17) is 25.3 Å². The summed E-state index contributed by atoms with van der Waals surface area (Å²) in [5.41, 5.74) is 0.326. The van der Waals surface area contributed by atoms with Gasteiger partial charge in [0.15, 0.2) is 5.78 Å². The molecule has 0 saturated heterocycles. The van der Waals surface area contributed by atoms with Gasteiger partial charge in [0.1, 0.15) is 23.2 Å². The van der Waals surface area contributed by atoms with E-state index in [1.165, 1.54) is 7.11 Å². The van der Waals surface area contributed by atoms with E-state index < -0.39 is 18.0 Å². The van der Waals surface area contributed by atoms with Gasteiger partial charge in [0.05, 0.1) is 24.3 Å². The highest BCUT2D eigenvalue weighted by Crippen LogP contribution is 2.44. The van der Waals surface area contributed by atoms with Gasteiger partial charge in [-0.05, 0) is 33.8 Å². The van der Waals surface area contributed by atoms with Crippen molar-refractivity contribution in [2.24, 2.45) is 5.92 Å². The smallest absolute Gasteiger partial charge is 0.307 e. The summed E-state index contributed by atoms with van der Waals surface area (Å²) in [7, 11) is 8.15. The summed E-state index contributed by atoms with van der Waals surface area (Å²) < 4.78 is 10.9. The van der Waals surface area contributed by atoms with Crippen LogP contribution in [0, 0.1) is 5.92 Å². The Labute approximate surface area is 124 Å². The molecule has 0 saturated carbocycles. The van der Waals surface area contributed by atoms with Crippen molar-refractivity contribution in [1.82, 2.24) is 0 Å². The SMILES string of the molecule is COc1ccc(SCl)c2c1C(=O)C(C)C(CC(=O)O)O2. The minimum Gasteiger partial charge on any atom is -0.496 e. The number of aliphatic carboxylic acids is 1. The first-order chi connectivity index (χ1) is 9.49. The Morgan fingerprint density at radius 2 is 2.25 bits per heavy atom. The molecule has 1 aromatic rings. The van der Waals surface area contributed by atoms with Gasteiger partial charge in [0.25, 0.3) is 0 Å². The van der Waals surface area contributed by atoms with Gasteiger partial charge in [0, 0.05) is 0 Å². The molecule has 0 spiro atoms. The van der Waals surface area contributed by atoms with Crippen LogP contribution in [-0.2, 0) is 4.79 Å². The number of methoxy groups -OCH3 is 1. The number of hydrogen-bond acceptors (Lipinski definition) is 5. The predicted octanol–water partition coefficient (Wildman–Crippen LogP) is 3.00. The molecule has 7 heteroatoms. The Kier molecular flexibility index (Phi) is 4.45. The van der Waals surface area contributed by atoms with Crippen LogP contribution in [0.4, 0.5) is 0 Å². The molecule has 1 heterocycles. The van der Waals surface area contributed by atoms with E-state index in [9.17, 15) is 9.59 Å². The average Bonchev–Trinajstić information content (AvgIpc) is 2.42. The van der Waals surface area contributed by atoms with Crippen molar-refractivity contribution in [3.8, 4) is 11.5 Å². The quantitative estimate of drug-likeness (QED) is 0.920. The van der Waals surface area contributed by atoms with Gasteiger partial charge in [-0.25, -0.2) is 0 Å². The summed E-state index contributed by atoms with van der Waals surface area (Å²) in [6.45, 7) is 1.65. The van der Waals surface area contributed by atoms with E-state index in [0.29, 0.717) is 22.0 Å². The van der Waals surface area contributed by atoms with Crippen molar-refractivity contribution < 1.29 is 24.2 Å². The summed E-state index contributed by atoms with van der Waals surface area (Å²) in [6.07, 6.45) is -0.946. The highest BCUT2D eigenvalue weighted by atomic mass is 35.7. The fourth-order valence-electron chi connectivity index (χ4n) is 2.17. The van der Waals surface area contributed by atoms with Crippen molar-refractivity contribution in [3.05, 3.63) is 17.7 Å². The zero-order chi connectivity index (χ0) is 14.9. The van der Waals surface area contributed by atoms with Crippen molar-refractivity contribution in [1.29, 1.82) is 0 Å². The molecule has 1 aliphatic heterocycles. The molecule has 2 rings (SSSR count). The van der Waals surface area contributed by atoms with Gasteiger partial charge >= 0.3 is 5.97 Å². The van der Waals surface area contributed by atoms with Gasteiger partial charge in [-0.15, -0.1) is 0 Å². The lowest BCUT2D eigenvalue weighted by atomic mass is 9.88. The Morgan fingerprint density at radius 3 is 2.80 bits per heavy atom. The first-order valence-electron chi connectivity index (χ1n) is 5.91. The van der Waals surface area contributed by atoms with Gasteiger partial charge in [-0.3, -0.25) is 9.59 Å². The highest BCUT2D eigenvalue weighted by Gasteiger charge is 2.38. The van der Waals surface area contributed by atoms with Gasteiger partial charge in [-0.1, -0.05) is 6.92 Å². The number of ketones is 1. The van der Waals surface area contributed by atoms with Crippen molar-refractivity contribution >= 4 is 33.4 Å². The number of halogens is 1. The van der Waals surface area contributed by atoms with Gasteiger partial charge < -0.3 is 14.6 Å². The second kappa shape index (κ2) is 5.93. The van der Waals surface area contributed by atoms with Crippen LogP contribution in [0.15, 0.2) is 17.0 Å². The maximum Gasteiger partial charge on any atom is 0.307 e. The van der Waals surface area contributed by atoms with Crippen LogP contribution in [0.1, 0.15) is 23.7 Å². The lowest BCUT2D eigenvalue weighted by Crippen LogP contribution is -2.38. The molecule has 2 unspecified atom stereocenters. The fourth-order valence-corrected chi connectivity index (χ4v) is 2.87. The van der Waals surface area contributed by atoms with Crippen molar-refractivity contribution in [2.45, 2.75) is 24.3 Å². The lowest BCUT2D eigenvalue weighted by Gasteiger charge is -2.31. The van der Waals surface area contributed by atoms with Crippen LogP contribution in [0.5, 0.6) is 11.5 Å². The highest BCUT2D eigenvalue weighted by molar-refractivity contribution is 8.21. The van der Waals surface area contributed by atoms with Crippen molar-refractivity contribution in [3.63, 3.8) is 0 Å². The van der Waals surface area contributed by atoms with Crippen LogP contribution < -0.4 is 9.47 Å². The zero-order valence-electron chi connectivity index (χ0n) is 10.9. The maximum atomic E-state index is 12.5. The summed E-state index contributed by atoms with van der Waals surface area (Å²) in [5.74, 6) is -1.05. The Bertz CT molecular complexity index is 560. The number of benzene rings is 1. The number of rotatable bonds is 4. The average molecular weight is 317 g/mol. The van der Waals surface area contributed by atoms with Gasteiger partial charge in [-0.2, -0.15) is 0 Å². The lowest BCUT2D eigenvalue weighted by molar-refractivity contribution is -0.139. The summed E-state index contributed by atoms with van der Waals surface area (Å²) in [6, 6.07) is 3.32. The standard InChI is InChI=1S/C13H13ClO5S/c1-6-8(5-10(15)16)19-13-9(20-14)4-3-7(18-2)11(13)12(6)17/h3-4,6,8H,5H2,1-2H3,(H,15,16). The minimum absolute atomic E-state index is 0.193. The molecule has 0 aliphatic carbocycles. The maximum absolute atomic E-state index is 12.5. The summed E-state index contributed by atoms with van der Waals surface area (Å²) in [5, 5.41) is 8.90. The van der Waals surface area contributed by atoms with Crippen LogP contribution >= 0.6 is 21.7 Å². The Hall–Kier alpha value is -1.40. The Balaban J connectivity index is 2.52. The number of Topliss-reactive ketones (excluding diaryl/α,β-unsaturated/α-hetero) is 1. The van der Waals surface area contributed by atoms with Crippen LogP contribution in [0.25, 0.3) is 0 Å². The molecule has 0 aromatic heterocycles. The molecule has 0 bridgehead atoms. The molecule has 2 atom stereocenters. The number of hydrogen-bond donors (Lipinski definition) is 1. The van der Waals surface area contributed by atoms with Crippen LogP contribution in [0.3, 0.4) is 0 Å². The zero-order valence-corrected chi connectivity index (χ0v) is 12.5. The number of carboxylic acid groups (broad SMARTS) is 1. The van der Waals surface area contributed by atoms with E-state index >= 15 is 0 Å². The third kappa shape index (κ3) is 2.58. The predicted molar refractivity (Wildman–Crippen MR) is 74.9 cm³/mol. The van der Waals surface area contributed by atoms with E-state index in [0.717, 1.165) is 11.0 Å². The molecule has 1 aliphatic rings. The van der Waals surface area contributed by atoms with Crippen molar-refractivity contribution in [2.75, 3.05) is 7.11 Å². The molecular formula is C13H13ClO5S. The monoisotopic (exact) mass is 316 g/mol. The normalized spacial score (nSPS) is 21.1. The molecule has 108 valence electrons. The molecule has 1 aromatic carbocycles. The number of carbonyl (C=O) groups is 2. The molecule has 20 heavy (non-hydrogen) atoms. The van der Waals surface area contributed by atoms with E-state index in [2.05, 4.69) is 0 Å². The number of carboxylic acids is 1. The second-order valence-electron chi connectivity index (χ2n) is 4.45. The molecule has 0 radical (unpaired) electrons. The second-order valence-corrected chi connectivity index (χ2v) is 5.51. The largest absolute Gasteiger partial charge is 0.496 e. The third-order valence-electron chi connectivity index (χ3n) is 3.25. The third-order valence-corrected chi connectivity index (χ3v) is 4.24. The minimum atomic E-state index is -1.01. The molecule has 0 amide bonds. The van der Waals surface area contributed by atoms with E-state index in [-0.39, 0.29) is 12.2 Å². The first-order valence-corrected chi connectivity index (χ1v) is 7.56. The number of carbonyl (C=O) groups excluding carboxylic acids is 1. The molecular weight excluding hydrogens is 304 g/mol. The molecule has 1 N–H and O–H groups in total. The molecule has 0 fully saturated rings. The summed E-state index contributed by atoms with van der Waals surface area (Å²) in [4.78, 5) is 23.9. The fraction of sp³-hybridized carbons (Fsp3) is 0.385. The van der Waals surface area contributed by atoms with Crippen LogP contribution in [-0.4, -0.2) is 30.1 Å². The summed E-state index contributed by atoms with van der Waals surface area (Å²) >= 11 is 0. The van der Waals surface area contributed by atoms with E-state index in [1.807, 2.05) is 0 Å². The Morgan fingerprint density at radius 1 is 1.55 bits per heavy atom. The van der Waals surface area contributed by atoms with E-state index in [1.54, 1.807) is 19.1 Å². The molecule has 5 nitrogen and oxygen atoms in total. The number of ether oxygens (including phenoxy) is 2. The van der Waals surface area contributed by atoms with Crippen LogP contribution in [0.2, 0.25) is 0 Å². The topological polar surface area (TPSA) is 72.8 Å². The van der Waals surface area contributed by atoms with Gasteiger partial charge in [0.2, 0.25) is 0 Å². The first kappa shape index (κ1) is 15.0. The number of fused-ring (bicyclic) bond motifs is 1.